The minimum absolute atomic E-state index is 0.0607. The summed E-state index contributed by atoms with van der Waals surface area (Å²) in [7, 11) is 0. The number of ether oxygens (including phenoxy) is 2. The van der Waals surface area contributed by atoms with Crippen LogP contribution in [0.2, 0.25) is 0 Å². The normalized spacial score (nSPS) is 20.3. The van der Waals surface area contributed by atoms with E-state index in [-0.39, 0.29) is 11.6 Å². The summed E-state index contributed by atoms with van der Waals surface area (Å²) >= 11 is 2.01. The van der Waals surface area contributed by atoms with Crippen molar-refractivity contribution in [1.29, 1.82) is 0 Å². The minimum atomic E-state index is -0.153. The number of amides is 2. The first-order valence-electron chi connectivity index (χ1n) is 9.40. The van der Waals surface area contributed by atoms with Crippen molar-refractivity contribution in [3.05, 3.63) is 24.3 Å². The maximum atomic E-state index is 12.4. The molecule has 26 heavy (non-hydrogen) atoms. The summed E-state index contributed by atoms with van der Waals surface area (Å²) < 4.78 is 10.9. The van der Waals surface area contributed by atoms with E-state index in [1.807, 2.05) is 43.0 Å². The van der Waals surface area contributed by atoms with E-state index >= 15 is 0 Å². The molecule has 0 radical (unpaired) electrons. The Morgan fingerprint density at radius 2 is 1.92 bits per heavy atom. The van der Waals surface area contributed by atoms with Gasteiger partial charge in [0.25, 0.3) is 0 Å². The first-order chi connectivity index (χ1) is 12.7. The molecule has 2 N–H and O–H groups in total. The number of nitrogens with one attached hydrogen (secondary N) is 2. The predicted molar refractivity (Wildman–Crippen MR) is 106 cm³/mol. The van der Waals surface area contributed by atoms with Gasteiger partial charge in [-0.15, -0.1) is 0 Å². The number of anilines is 1. The molecular weight excluding hydrogens is 350 g/mol. The molecule has 2 aliphatic heterocycles. The molecule has 0 bridgehead atoms. The first-order valence-corrected chi connectivity index (χ1v) is 10.6. The van der Waals surface area contributed by atoms with Crippen molar-refractivity contribution < 1.29 is 14.3 Å². The lowest BCUT2D eigenvalue weighted by Crippen LogP contribution is -2.60. The van der Waals surface area contributed by atoms with Gasteiger partial charge in [-0.3, -0.25) is 4.90 Å². The van der Waals surface area contributed by atoms with Crippen LogP contribution in [0.3, 0.4) is 0 Å². The molecule has 2 heterocycles. The van der Waals surface area contributed by atoms with Crippen LogP contribution < -0.4 is 15.4 Å². The zero-order valence-corrected chi connectivity index (χ0v) is 16.3. The summed E-state index contributed by atoms with van der Waals surface area (Å²) in [4.78, 5) is 14.9. The summed E-state index contributed by atoms with van der Waals surface area (Å²) in [5, 5.41) is 6.02. The van der Waals surface area contributed by atoms with Crippen LogP contribution in [0.25, 0.3) is 0 Å². The molecule has 3 rings (SSSR count). The van der Waals surface area contributed by atoms with Crippen molar-refractivity contribution in [3.8, 4) is 5.75 Å². The Hall–Kier alpha value is -1.44. The fourth-order valence-electron chi connectivity index (χ4n) is 3.62. The second-order valence-electron chi connectivity index (χ2n) is 6.70. The summed E-state index contributed by atoms with van der Waals surface area (Å²) in [5.41, 5.74) is 0.830. The molecule has 2 amide bonds. The fraction of sp³-hybridized carbons (Fsp3) is 0.632. The lowest BCUT2D eigenvalue weighted by molar-refractivity contribution is -0.0249. The van der Waals surface area contributed by atoms with Gasteiger partial charge in [0.1, 0.15) is 5.75 Å². The third-order valence-corrected chi connectivity index (χ3v) is 6.09. The van der Waals surface area contributed by atoms with Crippen molar-refractivity contribution in [2.24, 2.45) is 0 Å². The highest BCUT2D eigenvalue weighted by Crippen LogP contribution is 2.32. The number of thioether (sulfide) groups is 1. The smallest absolute Gasteiger partial charge is 0.319 e. The number of rotatable bonds is 6. The summed E-state index contributed by atoms with van der Waals surface area (Å²) in [5.74, 6) is 3.11. The van der Waals surface area contributed by atoms with Crippen LogP contribution >= 0.6 is 11.8 Å². The zero-order valence-electron chi connectivity index (χ0n) is 15.5. The van der Waals surface area contributed by atoms with Crippen molar-refractivity contribution >= 4 is 23.5 Å². The molecule has 144 valence electrons. The van der Waals surface area contributed by atoms with E-state index < -0.39 is 0 Å². The highest BCUT2D eigenvalue weighted by atomic mass is 32.2. The van der Waals surface area contributed by atoms with E-state index in [0.717, 1.165) is 62.1 Å². The number of nitrogens with zero attached hydrogens (tertiary/aromatic N) is 1. The van der Waals surface area contributed by atoms with Crippen molar-refractivity contribution in [2.75, 3.05) is 56.3 Å². The Bertz CT molecular complexity index is 570. The average Bonchev–Trinajstić information content (AvgIpc) is 2.70. The van der Waals surface area contributed by atoms with Gasteiger partial charge >= 0.3 is 6.03 Å². The fourth-order valence-corrected chi connectivity index (χ4v) is 4.87. The van der Waals surface area contributed by atoms with Crippen LogP contribution in [-0.4, -0.2) is 67.4 Å². The number of urea groups is 1. The minimum Gasteiger partial charge on any atom is -0.494 e. The van der Waals surface area contributed by atoms with Crippen molar-refractivity contribution in [2.45, 2.75) is 25.3 Å². The van der Waals surface area contributed by atoms with Gasteiger partial charge in [0.05, 0.1) is 19.8 Å². The van der Waals surface area contributed by atoms with Gasteiger partial charge in [-0.25, -0.2) is 4.79 Å². The molecule has 2 aliphatic rings. The number of hydrogen-bond donors (Lipinski definition) is 2. The van der Waals surface area contributed by atoms with Crippen molar-refractivity contribution in [3.63, 3.8) is 0 Å². The molecule has 0 aromatic heterocycles. The van der Waals surface area contributed by atoms with Crippen LogP contribution in [0.4, 0.5) is 10.5 Å². The molecule has 0 atom stereocenters. The van der Waals surface area contributed by atoms with E-state index in [4.69, 9.17) is 9.47 Å². The monoisotopic (exact) mass is 379 g/mol. The Morgan fingerprint density at radius 1 is 1.23 bits per heavy atom. The molecule has 0 unspecified atom stereocenters. The zero-order chi connectivity index (χ0) is 18.2. The van der Waals surface area contributed by atoms with E-state index in [2.05, 4.69) is 15.5 Å². The van der Waals surface area contributed by atoms with Crippen LogP contribution in [0.5, 0.6) is 5.75 Å². The van der Waals surface area contributed by atoms with Gasteiger partial charge < -0.3 is 20.1 Å². The van der Waals surface area contributed by atoms with Gasteiger partial charge in [0.2, 0.25) is 0 Å². The summed E-state index contributed by atoms with van der Waals surface area (Å²) in [6.45, 7) is 6.74. The molecular formula is C19H29N3O3S. The lowest BCUT2D eigenvalue weighted by atomic mass is 9.89. The third-order valence-electron chi connectivity index (χ3n) is 5.11. The summed E-state index contributed by atoms with van der Waals surface area (Å²) in [6, 6.07) is 7.30. The van der Waals surface area contributed by atoms with Gasteiger partial charge in [-0.05, 0) is 55.5 Å². The SMILES string of the molecule is CCOc1ccc(NC(=O)NCC2(N3CCOCC3)CCSCC2)cc1. The molecule has 6 nitrogen and oxygen atoms in total. The predicted octanol–water partition coefficient (Wildman–Crippen LogP) is 2.80. The first kappa shape index (κ1) is 19.3. The third kappa shape index (κ3) is 5.05. The van der Waals surface area contributed by atoms with E-state index in [0.29, 0.717) is 13.2 Å². The van der Waals surface area contributed by atoms with Gasteiger partial charge in [-0.2, -0.15) is 11.8 Å². The molecule has 1 aromatic rings. The van der Waals surface area contributed by atoms with Crippen LogP contribution in [0.15, 0.2) is 24.3 Å². The number of benzene rings is 1. The number of morpholine rings is 1. The second kappa shape index (κ2) is 9.48. The number of hydrogen-bond acceptors (Lipinski definition) is 5. The van der Waals surface area contributed by atoms with Gasteiger partial charge in [-0.1, -0.05) is 0 Å². The highest BCUT2D eigenvalue weighted by Gasteiger charge is 2.39. The molecule has 0 spiro atoms. The van der Waals surface area contributed by atoms with E-state index in [1.165, 1.54) is 0 Å². The van der Waals surface area contributed by atoms with E-state index in [1.54, 1.807) is 0 Å². The molecule has 1 aromatic carbocycles. The molecule has 0 saturated carbocycles. The summed E-state index contributed by atoms with van der Waals surface area (Å²) in [6.07, 6.45) is 2.22. The van der Waals surface area contributed by atoms with E-state index in [9.17, 15) is 4.79 Å². The van der Waals surface area contributed by atoms with Crippen LogP contribution in [0, 0.1) is 0 Å². The average molecular weight is 380 g/mol. The molecule has 2 fully saturated rings. The Labute approximate surface area is 160 Å². The molecule has 2 saturated heterocycles. The lowest BCUT2D eigenvalue weighted by Gasteiger charge is -2.48. The topological polar surface area (TPSA) is 62.8 Å². The largest absolute Gasteiger partial charge is 0.494 e. The van der Waals surface area contributed by atoms with Crippen LogP contribution in [-0.2, 0) is 4.74 Å². The van der Waals surface area contributed by atoms with Gasteiger partial charge in [0, 0.05) is 30.9 Å². The van der Waals surface area contributed by atoms with Gasteiger partial charge in [0.15, 0.2) is 0 Å². The second-order valence-corrected chi connectivity index (χ2v) is 7.93. The molecule has 7 heteroatoms. The Morgan fingerprint density at radius 3 is 2.58 bits per heavy atom. The molecule has 0 aliphatic carbocycles. The van der Waals surface area contributed by atoms with Crippen LogP contribution in [0.1, 0.15) is 19.8 Å². The number of carbonyl (C=O) groups excluding carboxylic acids is 1. The maximum Gasteiger partial charge on any atom is 0.319 e. The quantitative estimate of drug-likeness (QED) is 0.796. The standard InChI is InChI=1S/C19H29N3O3S/c1-2-25-17-5-3-16(4-6-17)21-18(23)20-15-19(7-13-26-14-8-19)22-9-11-24-12-10-22/h3-6H,2,7-15H2,1H3,(H2,20,21,23). The Kier molecular flexibility index (Phi) is 7.05. The maximum absolute atomic E-state index is 12.4. The highest BCUT2D eigenvalue weighted by molar-refractivity contribution is 7.99. The Balaban J connectivity index is 1.55. The number of carbonyl (C=O) groups is 1. The van der Waals surface area contributed by atoms with Crippen molar-refractivity contribution in [1.82, 2.24) is 10.2 Å².